The van der Waals surface area contributed by atoms with Gasteiger partial charge < -0.3 is 10.4 Å². The molecular weight excluding hydrogens is 294 g/mol. The van der Waals surface area contributed by atoms with Gasteiger partial charge in [-0.25, -0.2) is 9.78 Å². The lowest BCUT2D eigenvalue weighted by Gasteiger charge is -2.06. The fraction of sp³-hybridized carbons (Fsp3) is 0.538. The van der Waals surface area contributed by atoms with Crippen molar-refractivity contribution < 1.29 is 14.8 Å². The fourth-order valence-electron chi connectivity index (χ4n) is 1.78. The molecular formula is C13H19N3O4S. The molecule has 0 aliphatic carbocycles. The van der Waals surface area contributed by atoms with Crippen molar-refractivity contribution in [3.05, 3.63) is 27.9 Å². The van der Waals surface area contributed by atoms with Gasteiger partial charge in [-0.2, -0.15) is 11.8 Å². The monoisotopic (exact) mass is 313 g/mol. The number of unbranched alkanes of at least 4 members (excludes halogenated alkanes) is 3. The molecule has 0 bridgehead atoms. The van der Waals surface area contributed by atoms with Crippen LogP contribution < -0.4 is 5.32 Å². The van der Waals surface area contributed by atoms with Gasteiger partial charge in [0.2, 0.25) is 5.82 Å². The number of carboxylic acid groups (broad SMARTS) is 1. The Morgan fingerprint density at radius 2 is 2.14 bits per heavy atom. The van der Waals surface area contributed by atoms with Crippen LogP contribution in [0.15, 0.2) is 12.3 Å². The number of hydrogen-bond acceptors (Lipinski definition) is 6. The molecule has 1 rings (SSSR count). The van der Waals surface area contributed by atoms with Crippen molar-refractivity contribution in [3.8, 4) is 0 Å². The van der Waals surface area contributed by atoms with Crippen LogP contribution in [-0.4, -0.2) is 39.5 Å². The fourth-order valence-corrected chi connectivity index (χ4v) is 2.27. The zero-order valence-corrected chi connectivity index (χ0v) is 12.7. The Balaban J connectivity index is 2.51. The molecule has 116 valence electrons. The summed E-state index contributed by atoms with van der Waals surface area (Å²) >= 11 is 1.82. The SMILES string of the molecule is CSCCCCCCNc1ncc(C(=O)O)cc1[N+](=O)[O-]. The Morgan fingerprint density at radius 3 is 2.76 bits per heavy atom. The largest absolute Gasteiger partial charge is 0.478 e. The Bertz CT molecular complexity index is 496. The maximum Gasteiger partial charge on any atom is 0.337 e. The molecule has 1 aromatic rings. The van der Waals surface area contributed by atoms with E-state index in [2.05, 4.69) is 16.6 Å². The number of thioether (sulfide) groups is 1. The molecule has 1 heterocycles. The van der Waals surface area contributed by atoms with Crippen LogP contribution in [-0.2, 0) is 0 Å². The summed E-state index contributed by atoms with van der Waals surface area (Å²) in [5, 5.41) is 22.6. The standard InChI is InChI=1S/C13H19N3O4S/c1-21-7-5-3-2-4-6-14-12-11(16(19)20)8-10(9-15-12)13(17)18/h8-9H,2-7H2,1H3,(H,14,15)(H,17,18). The highest BCUT2D eigenvalue weighted by Gasteiger charge is 2.18. The van der Waals surface area contributed by atoms with Crippen LogP contribution in [0.1, 0.15) is 36.0 Å². The summed E-state index contributed by atoms with van der Waals surface area (Å²) in [6, 6.07) is 1.02. The van der Waals surface area contributed by atoms with Crippen molar-refractivity contribution in [3.63, 3.8) is 0 Å². The molecule has 0 amide bonds. The number of pyridine rings is 1. The van der Waals surface area contributed by atoms with E-state index in [9.17, 15) is 14.9 Å². The number of nitrogens with zero attached hydrogens (tertiary/aromatic N) is 2. The Labute approximate surface area is 127 Å². The van der Waals surface area contributed by atoms with Gasteiger partial charge in [-0.15, -0.1) is 0 Å². The normalized spacial score (nSPS) is 10.3. The van der Waals surface area contributed by atoms with Gasteiger partial charge in [0, 0.05) is 18.8 Å². The Morgan fingerprint density at radius 1 is 1.43 bits per heavy atom. The molecule has 0 spiro atoms. The van der Waals surface area contributed by atoms with Gasteiger partial charge in [0.25, 0.3) is 0 Å². The minimum Gasteiger partial charge on any atom is -0.478 e. The van der Waals surface area contributed by atoms with Gasteiger partial charge in [-0.1, -0.05) is 12.8 Å². The van der Waals surface area contributed by atoms with E-state index in [1.807, 2.05) is 11.8 Å². The number of nitro groups is 1. The highest BCUT2D eigenvalue weighted by Crippen LogP contribution is 2.22. The van der Waals surface area contributed by atoms with Crippen LogP contribution in [0.5, 0.6) is 0 Å². The van der Waals surface area contributed by atoms with E-state index < -0.39 is 10.9 Å². The average Bonchev–Trinajstić information content (AvgIpc) is 2.46. The molecule has 0 aliphatic heterocycles. The third-order valence-electron chi connectivity index (χ3n) is 2.88. The van der Waals surface area contributed by atoms with Crippen molar-refractivity contribution in [1.29, 1.82) is 0 Å². The average molecular weight is 313 g/mol. The Kier molecular flexibility index (Phi) is 7.52. The molecule has 1 aromatic heterocycles. The second kappa shape index (κ2) is 9.17. The van der Waals surface area contributed by atoms with E-state index in [0.29, 0.717) is 6.54 Å². The molecule has 8 heteroatoms. The summed E-state index contributed by atoms with van der Waals surface area (Å²) in [5.41, 5.74) is -0.499. The summed E-state index contributed by atoms with van der Waals surface area (Å²) < 4.78 is 0. The summed E-state index contributed by atoms with van der Waals surface area (Å²) in [6.07, 6.45) is 7.45. The molecule has 7 nitrogen and oxygen atoms in total. The number of hydrogen-bond donors (Lipinski definition) is 2. The lowest BCUT2D eigenvalue weighted by atomic mass is 10.2. The number of aromatic nitrogens is 1. The molecule has 0 aliphatic rings. The number of nitrogens with one attached hydrogen (secondary N) is 1. The van der Waals surface area contributed by atoms with E-state index in [1.165, 1.54) is 6.42 Å². The smallest absolute Gasteiger partial charge is 0.337 e. The summed E-state index contributed by atoms with van der Waals surface area (Å²) in [6.45, 7) is 0.583. The minimum absolute atomic E-state index is 0.120. The molecule has 0 aromatic carbocycles. The van der Waals surface area contributed by atoms with Crippen LogP contribution >= 0.6 is 11.8 Å². The first kappa shape index (κ1) is 17.2. The summed E-state index contributed by atoms with van der Waals surface area (Å²) in [5.74, 6) is 0.0388. The van der Waals surface area contributed by atoms with E-state index in [-0.39, 0.29) is 17.1 Å². The molecule has 0 saturated carbocycles. The van der Waals surface area contributed by atoms with E-state index >= 15 is 0 Å². The van der Waals surface area contributed by atoms with Gasteiger partial charge in [0.05, 0.1) is 10.5 Å². The first-order valence-corrected chi connectivity index (χ1v) is 8.06. The zero-order chi connectivity index (χ0) is 15.7. The van der Waals surface area contributed by atoms with Gasteiger partial charge in [-0.05, 0) is 24.9 Å². The predicted octanol–water partition coefficient (Wildman–Crippen LogP) is 3.02. The van der Waals surface area contributed by atoms with Crippen molar-refractivity contribution in [2.45, 2.75) is 25.7 Å². The second-order valence-corrected chi connectivity index (χ2v) is 5.47. The molecule has 21 heavy (non-hydrogen) atoms. The minimum atomic E-state index is -1.23. The number of carbonyl (C=O) groups is 1. The molecule has 0 fully saturated rings. The van der Waals surface area contributed by atoms with Crippen LogP contribution in [0.3, 0.4) is 0 Å². The van der Waals surface area contributed by atoms with Crippen molar-refractivity contribution in [1.82, 2.24) is 4.98 Å². The highest BCUT2D eigenvalue weighted by molar-refractivity contribution is 7.98. The van der Waals surface area contributed by atoms with E-state index in [4.69, 9.17) is 5.11 Å². The van der Waals surface area contributed by atoms with Crippen LogP contribution in [0, 0.1) is 10.1 Å². The maximum absolute atomic E-state index is 10.9. The highest BCUT2D eigenvalue weighted by atomic mass is 32.2. The number of aromatic carboxylic acids is 1. The van der Waals surface area contributed by atoms with Crippen LogP contribution in [0.25, 0.3) is 0 Å². The van der Waals surface area contributed by atoms with Crippen molar-refractivity contribution >= 4 is 29.2 Å². The third kappa shape index (κ3) is 5.99. The maximum atomic E-state index is 10.9. The lowest BCUT2D eigenvalue weighted by molar-refractivity contribution is -0.384. The van der Waals surface area contributed by atoms with Crippen molar-refractivity contribution in [2.24, 2.45) is 0 Å². The van der Waals surface area contributed by atoms with Crippen molar-refractivity contribution in [2.75, 3.05) is 23.9 Å². The number of rotatable bonds is 10. The topological polar surface area (TPSA) is 105 Å². The second-order valence-electron chi connectivity index (χ2n) is 4.49. The van der Waals surface area contributed by atoms with Crippen LogP contribution in [0.4, 0.5) is 11.5 Å². The first-order chi connectivity index (χ1) is 10.1. The molecule has 0 saturated heterocycles. The lowest BCUT2D eigenvalue weighted by Crippen LogP contribution is -2.08. The summed E-state index contributed by atoms with van der Waals surface area (Å²) in [7, 11) is 0. The van der Waals surface area contributed by atoms with E-state index in [1.54, 1.807) is 0 Å². The quantitative estimate of drug-likeness (QED) is 0.388. The predicted molar refractivity (Wildman–Crippen MR) is 83.2 cm³/mol. The zero-order valence-electron chi connectivity index (χ0n) is 11.9. The molecule has 2 N–H and O–H groups in total. The molecule has 0 unspecified atom stereocenters. The van der Waals surface area contributed by atoms with Gasteiger partial charge in [0.1, 0.15) is 0 Å². The third-order valence-corrected chi connectivity index (χ3v) is 3.58. The number of anilines is 1. The molecule has 0 radical (unpaired) electrons. The Hall–Kier alpha value is -1.83. The molecule has 0 atom stereocenters. The first-order valence-electron chi connectivity index (χ1n) is 6.66. The van der Waals surface area contributed by atoms with Gasteiger partial charge >= 0.3 is 11.7 Å². The number of carboxylic acids is 1. The summed E-state index contributed by atoms with van der Waals surface area (Å²) in [4.78, 5) is 24.9. The van der Waals surface area contributed by atoms with Crippen LogP contribution in [0.2, 0.25) is 0 Å². The van der Waals surface area contributed by atoms with E-state index in [0.717, 1.165) is 37.3 Å². The van der Waals surface area contributed by atoms with Gasteiger partial charge in [0.15, 0.2) is 0 Å². The van der Waals surface area contributed by atoms with Gasteiger partial charge in [-0.3, -0.25) is 10.1 Å².